The Morgan fingerprint density at radius 3 is 2.35 bits per heavy atom. The van der Waals surface area contributed by atoms with Crippen LogP contribution in [0.25, 0.3) is 11.0 Å². The van der Waals surface area contributed by atoms with Gasteiger partial charge in [0.25, 0.3) is 0 Å². The van der Waals surface area contributed by atoms with Gasteiger partial charge in [0.1, 0.15) is 29.6 Å². The fraction of sp³-hybridized carbons (Fsp3) is 0.355. The van der Waals surface area contributed by atoms with Crippen molar-refractivity contribution in [2.75, 3.05) is 14.2 Å². The van der Waals surface area contributed by atoms with E-state index in [-0.39, 0.29) is 30.9 Å². The zero-order chi connectivity index (χ0) is 28.1. The van der Waals surface area contributed by atoms with Crippen LogP contribution in [0.5, 0.6) is 11.5 Å². The highest BCUT2D eigenvalue weighted by atomic mass is 16.5. The molecule has 1 unspecified atom stereocenters. The topological polar surface area (TPSA) is 98.6 Å². The minimum Gasteiger partial charge on any atom is -0.497 e. The maximum absolute atomic E-state index is 14.2. The van der Waals surface area contributed by atoms with Gasteiger partial charge in [0.2, 0.25) is 11.8 Å². The first-order chi connectivity index (χ1) is 19.4. The molecule has 0 radical (unpaired) electrons. The number of rotatable bonds is 10. The molecule has 40 heavy (non-hydrogen) atoms. The molecule has 0 spiro atoms. The predicted octanol–water partition coefficient (Wildman–Crippen LogP) is 4.59. The molecule has 3 aromatic carbocycles. The van der Waals surface area contributed by atoms with Crippen LogP contribution in [-0.2, 0) is 22.7 Å². The van der Waals surface area contributed by atoms with Crippen molar-refractivity contribution in [3.05, 3.63) is 83.4 Å². The molecule has 5 rings (SSSR count). The number of carbonyl (C=O) groups excluding carboxylic acids is 2. The summed E-state index contributed by atoms with van der Waals surface area (Å²) in [6.07, 6.45) is 4.01. The molecule has 0 saturated heterocycles. The number of hydrogen-bond donors (Lipinski definition) is 1. The molecule has 0 aliphatic heterocycles. The first-order valence-electron chi connectivity index (χ1n) is 13.6. The SMILES string of the molecule is COc1cc(OC)cc(C(C(=O)NC2CCCC2)N(Cc2ccc(C)cc2)C(=O)Cn2nnc3ccccc32)c1. The number of hydrogen-bond acceptors (Lipinski definition) is 6. The summed E-state index contributed by atoms with van der Waals surface area (Å²) >= 11 is 0. The molecular weight excluding hydrogens is 506 g/mol. The fourth-order valence-corrected chi connectivity index (χ4v) is 5.28. The molecule has 9 heteroatoms. The Hall–Kier alpha value is -4.40. The first-order valence-corrected chi connectivity index (χ1v) is 13.6. The maximum atomic E-state index is 14.2. The molecular formula is C31H35N5O4. The summed E-state index contributed by atoms with van der Waals surface area (Å²) in [5, 5.41) is 11.7. The molecule has 9 nitrogen and oxygen atoms in total. The summed E-state index contributed by atoms with van der Waals surface area (Å²) in [7, 11) is 3.13. The summed E-state index contributed by atoms with van der Waals surface area (Å²) in [5.74, 6) is 0.590. The second-order valence-corrected chi connectivity index (χ2v) is 10.3. The number of nitrogens with zero attached hydrogens (tertiary/aromatic N) is 4. The zero-order valence-electron chi connectivity index (χ0n) is 23.2. The van der Waals surface area contributed by atoms with Crippen LogP contribution in [0.2, 0.25) is 0 Å². The Balaban J connectivity index is 1.57. The third kappa shape index (κ3) is 6.09. The maximum Gasteiger partial charge on any atom is 0.247 e. The van der Waals surface area contributed by atoms with Crippen molar-refractivity contribution in [1.82, 2.24) is 25.2 Å². The van der Waals surface area contributed by atoms with Crippen LogP contribution in [0.4, 0.5) is 0 Å². The van der Waals surface area contributed by atoms with Crippen molar-refractivity contribution >= 4 is 22.8 Å². The van der Waals surface area contributed by atoms with Gasteiger partial charge < -0.3 is 19.7 Å². The van der Waals surface area contributed by atoms with Crippen molar-refractivity contribution in [1.29, 1.82) is 0 Å². The van der Waals surface area contributed by atoms with E-state index in [4.69, 9.17) is 9.47 Å². The lowest BCUT2D eigenvalue weighted by Crippen LogP contribution is -2.46. The molecule has 1 heterocycles. The fourth-order valence-electron chi connectivity index (χ4n) is 5.28. The standard InChI is InChI=1S/C31H35N5O4/c1-21-12-14-22(15-13-21)19-35(29(37)20-36-28-11-7-6-10-27(28)33-34-36)30(31(38)32-24-8-4-5-9-24)23-16-25(39-2)18-26(17-23)40-3/h6-7,10-18,24,30H,4-5,8-9,19-20H2,1-3H3,(H,32,38). The van der Waals surface area contributed by atoms with Crippen LogP contribution in [0.15, 0.2) is 66.7 Å². The van der Waals surface area contributed by atoms with Crippen molar-refractivity contribution in [3.63, 3.8) is 0 Å². The number of benzene rings is 3. The zero-order valence-corrected chi connectivity index (χ0v) is 23.2. The predicted molar refractivity (Wildman–Crippen MR) is 152 cm³/mol. The molecule has 1 atom stereocenters. The Bertz CT molecular complexity index is 1450. The van der Waals surface area contributed by atoms with E-state index < -0.39 is 6.04 Å². The second kappa shape index (κ2) is 12.2. The van der Waals surface area contributed by atoms with Gasteiger partial charge in [0, 0.05) is 18.7 Å². The van der Waals surface area contributed by atoms with Gasteiger partial charge in [-0.25, -0.2) is 4.68 Å². The lowest BCUT2D eigenvalue weighted by molar-refractivity contribution is -0.142. The van der Waals surface area contributed by atoms with Gasteiger partial charge >= 0.3 is 0 Å². The lowest BCUT2D eigenvalue weighted by Gasteiger charge is -2.33. The molecule has 1 N–H and O–H groups in total. The summed E-state index contributed by atoms with van der Waals surface area (Å²) in [5.41, 5.74) is 4.09. The highest BCUT2D eigenvalue weighted by molar-refractivity contribution is 5.89. The summed E-state index contributed by atoms with van der Waals surface area (Å²) in [4.78, 5) is 29.9. The molecule has 1 fully saturated rings. The third-order valence-corrected chi connectivity index (χ3v) is 7.45. The van der Waals surface area contributed by atoms with E-state index in [1.807, 2.05) is 55.5 Å². The monoisotopic (exact) mass is 541 g/mol. The van der Waals surface area contributed by atoms with Crippen molar-refractivity contribution in [2.24, 2.45) is 0 Å². The van der Waals surface area contributed by atoms with Crippen LogP contribution in [0.3, 0.4) is 0 Å². The van der Waals surface area contributed by atoms with Gasteiger partial charge in [-0.05, 0) is 55.2 Å². The van der Waals surface area contributed by atoms with E-state index in [0.717, 1.165) is 42.3 Å². The Morgan fingerprint density at radius 1 is 1.00 bits per heavy atom. The van der Waals surface area contributed by atoms with Gasteiger partial charge in [-0.2, -0.15) is 0 Å². The number of aryl methyl sites for hydroxylation is 1. The molecule has 1 aromatic heterocycles. The van der Waals surface area contributed by atoms with Crippen molar-refractivity contribution in [2.45, 2.75) is 57.8 Å². The minimum absolute atomic E-state index is 0.0688. The van der Waals surface area contributed by atoms with Crippen LogP contribution >= 0.6 is 0 Å². The molecule has 1 aliphatic rings. The van der Waals surface area contributed by atoms with Crippen molar-refractivity contribution < 1.29 is 19.1 Å². The largest absolute Gasteiger partial charge is 0.497 e. The van der Waals surface area contributed by atoms with Gasteiger partial charge in [0.05, 0.1) is 19.7 Å². The highest BCUT2D eigenvalue weighted by Gasteiger charge is 2.34. The van der Waals surface area contributed by atoms with Crippen LogP contribution in [0, 0.1) is 6.92 Å². The number of amides is 2. The normalized spacial score (nSPS) is 14.2. The summed E-state index contributed by atoms with van der Waals surface area (Å²) in [6, 6.07) is 20.0. The first kappa shape index (κ1) is 27.2. The summed E-state index contributed by atoms with van der Waals surface area (Å²) in [6.45, 7) is 2.18. The van der Waals surface area contributed by atoms with E-state index >= 15 is 0 Å². The number of fused-ring (bicyclic) bond motifs is 1. The molecule has 2 amide bonds. The van der Waals surface area contributed by atoms with Gasteiger partial charge in [0.15, 0.2) is 0 Å². The van der Waals surface area contributed by atoms with E-state index in [9.17, 15) is 9.59 Å². The Kier molecular flexibility index (Phi) is 8.28. The highest BCUT2D eigenvalue weighted by Crippen LogP contribution is 2.32. The average Bonchev–Trinajstić information content (AvgIpc) is 3.63. The smallest absolute Gasteiger partial charge is 0.247 e. The lowest BCUT2D eigenvalue weighted by atomic mass is 10.0. The quantitative estimate of drug-likeness (QED) is 0.316. The van der Waals surface area contributed by atoms with Crippen LogP contribution in [0.1, 0.15) is 48.4 Å². The van der Waals surface area contributed by atoms with E-state index in [2.05, 4.69) is 15.6 Å². The van der Waals surface area contributed by atoms with Crippen LogP contribution in [-0.4, -0.2) is 52.0 Å². The summed E-state index contributed by atoms with van der Waals surface area (Å²) < 4.78 is 12.6. The van der Waals surface area contributed by atoms with E-state index in [0.29, 0.717) is 22.6 Å². The van der Waals surface area contributed by atoms with E-state index in [1.54, 1.807) is 42.0 Å². The van der Waals surface area contributed by atoms with Gasteiger partial charge in [-0.15, -0.1) is 5.10 Å². The Labute approximate surface area is 234 Å². The molecule has 0 bridgehead atoms. The van der Waals surface area contributed by atoms with Gasteiger partial charge in [-0.1, -0.05) is 60.0 Å². The Morgan fingerprint density at radius 2 is 1.68 bits per heavy atom. The third-order valence-electron chi connectivity index (χ3n) is 7.45. The van der Waals surface area contributed by atoms with E-state index in [1.165, 1.54) is 0 Å². The number of ether oxygens (including phenoxy) is 2. The molecule has 1 saturated carbocycles. The average molecular weight is 542 g/mol. The molecule has 1 aliphatic carbocycles. The molecule has 208 valence electrons. The second-order valence-electron chi connectivity index (χ2n) is 10.3. The number of para-hydroxylation sites is 1. The van der Waals surface area contributed by atoms with Crippen LogP contribution < -0.4 is 14.8 Å². The minimum atomic E-state index is -0.923. The van der Waals surface area contributed by atoms with Crippen molar-refractivity contribution in [3.8, 4) is 11.5 Å². The number of methoxy groups -OCH3 is 2. The number of nitrogens with one attached hydrogen (secondary N) is 1. The number of aromatic nitrogens is 3. The number of carbonyl (C=O) groups is 2. The van der Waals surface area contributed by atoms with Gasteiger partial charge in [-0.3, -0.25) is 9.59 Å². The molecule has 4 aromatic rings.